The molecular formula is C10H18O2. The lowest BCUT2D eigenvalue weighted by Gasteiger charge is -2.04. The van der Waals surface area contributed by atoms with Crippen LogP contribution in [0.15, 0.2) is 11.6 Å². The Bertz CT molecular complexity index is 171. The average molecular weight is 170 g/mol. The van der Waals surface area contributed by atoms with Gasteiger partial charge in [0.2, 0.25) is 0 Å². The third kappa shape index (κ3) is 4.16. The molecule has 0 saturated heterocycles. The molecule has 0 aromatic heterocycles. The second kappa shape index (κ2) is 5.81. The minimum Gasteiger partial charge on any atom is -0.463 e. The Morgan fingerprint density at radius 1 is 1.50 bits per heavy atom. The van der Waals surface area contributed by atoms with Gasteiger partial charge in [0.1, 0.15) is 0 Å². The van der Waals surface area contributed by atoms with Crippen molar-refractivity contribution in [2.24, 2.45) is 5.92 Å². The topological polar surface area (TPSA) is 26.3 Å². The Morgan fingerprint density at radius 2 is 2.08 bits per heavy atom. The smallest absolute Gasteiger partial charge is 0.333 e. The van der Waals surface area contributed by atoms with Crippen LogP contribution in [0.5, 0.6) is 0 Å². The fourth-order valence-corrected chi connectivity index (χ4v) is 0.858. The van der Waals surface area contributed by atoms with Gasteiger partial charge in [-0.25, -0.2) is 4.79 Å². The first-order valence-electron chi connectivity index (χ1n) is 4.47. The van der Waals surface area contributed by atoms with Crippen LogP contribution in [-0.2, 0) is 9.53 Å². The summed E-state index contributed by atoms with van der Waals surface area (Å²) < 4.78 is 4.84. The van der Waals surface area contributed by atoms with Gasteiger partial charge in [-0.2, -0.15) is 0 Å². The summed E-state index contributed by atoms with van der Waals surface area (Å²) in [6.45, 7) is 8.24. The van der Waals surface area contributed by atoms with Gasteiger partial charge in [0.25, 0.3) is 0 Å². The van der Waals surface area contributed by atoms with E-state index in [1.165, 1.54) is 0 Å². The zero-order valence-corrected chi connectivity index (χ0v) is 8.39. The third-order valence-corrected chi connectivity index (χ3v) is 1.78. The molecule has 0 aromatic carbocycles. The van der Waals surface area contributed by atoms with Crippen molar-refractivity contribution in [3.8, 4) is 0 Å². The minimum absolute atomic E-state index is 0.196. The summed E-state index contributed by atoms with van der Waals surface area (Å²) in [5.74, 6) is 0.257. The number of carbonyl (C=O) groups is 1. The molecule has 0 saturated carbocycles. The first-order chi connectivity index (χ1) is 5.61. The van der Waals surface area contributed by atoms with Gasteiger partial charge < -0.3 is 4.74 Å². The number of allylic oxidation sites excluding steroid dienone is 1. The summed E-state index contributed by atoms with van der Waals surface area (Å²) in [4.78, 5) is 11.1. The van der Waals surface area contributed by atoms with Gasteiger partial charge in [-0.15, -0.1) is 0 Å². The van der Waals surface area contributed by atoms with E-state index < -0.39 is 0 Å². The van der Waals surface area contributed by atoms with Gasteiger partial charge in [-0.1, -0.05) is 26.3 Å². The lowest BCUT2D eigenvalue weighted by molar-refractivity contribution is -0.138. The molecule has 0 bridgehead atoms. The first-order valence-corrected chi connectivity index (χ1v) is 4.47. The van der Waals surface area contributed by atoms with E-state index in [-0.39, 0.29) is 5.97 Å². The molecule has 70 valence electrons. The Labute approximate surface area is 74.6 Å². The van der Waals surface area contributed by atoms with E-state index >= 15 is 0 Å². The molecule has 1 unspecified atom stereocenters. The summed E-state index contributed by atoms with van der Waals surface area (Å²) in [5, 5.41) is 0. The molecule has 2 nitrogen and oxygen atoms in total. The highest BCUT2D eigenvalue weighted by Gasteiger charge is 2.05. The largest absolute Gasteiger partial charge is 0.463 e. The van der Waals surface area contributed by atoms with Gasteiger partial charge in [0.15, 0.2) is 0 Å². The highest BCUT2D eigenvalue weighted by atomic mass is 16.5. The summed E-state index contributed by atoms with van der Waals surface area (Å²) in [6, 6.07) is 0. The fraction of sp³-hybridized carbons (Fsp3) is 0.700. The molecule has 0 heterocycles. The van der Waals surface area contributed by atoms with Crippen molar-refractivity contribution >= 4 is 5.97 Å². The van der Waals surface area contributed by atoms with Crippen LogP contribution in [0.25, 0.3) is 0 Å². The van der Waals surface area contributed by atoms with Crippen molar-refractivity contribution in [1.29, 1.82) is 0 Å². The second-order valence-electron chi connectivity index (χ2n) is 2.96. The summed E-state index contributed by atoms with van der Waals surface area (Å²) >= 11 is 0. The average Bonchev–Trinajstić information content (AvgIpc) is 2.04. The van der Waals surface area contributed by atoms with Crippen LogP contribution in [-0.4, -0.2) is 12.6 Å². The van der Waals surface area contributed by atoms with Crippen molar-refractivity contribution in [2.45, 2.75) is 34.1 Å². The number of esters is 1. The Balaban J connectivity index is 4.07. The van der Waals surface area contributed by atoms with E-state index in [4.69, 9.17) is 4.74 Å². The highest BCUT2D eigenvalue weighted by Crippen LogP contribution is 2.07. The van der Waals surface area contributed by atoms with E-state index in [1.54, 1.807) is 6.92 Å². The van der Waals surface area contributed by atoms with Crippen LogP contribution >= 0.6 is 0 Å². The van der Waals surface area contributed by atoms with Gasteiger partial charge in [-0.05, 0) is 19.8 Å². The maximum absolute atomic E-state index is 11.1. The monoisotopic (exact) mass is 170 g/mol. The molecule has 0 aliphatic heterocycles. The van der Waals surface area contributed by atoms with Crippen molar-refractivity contribution in [3.63, 3.8) is 0 Å². The number of rotatable bonds is 4. The number of hydrogen-bond donors (Lipinski definition) is 0. The Hall–Kier alpha value is -0.790. The van der Waals surface area contributed by atoms with E-state index in [2.05, 4.69) is 13.8 Å². The maximum atomic E-state index is 11.1. The van der Waals surface area contributed by atoms with Crippen LogP contribution in [0.2, 0.25) is 0 Å². The molecule has 0 aliphatic carbocycles. The van der Waals surface area contributed by atoms with Crippen molar-refractivity contribution in [1.82, 2.24) is 0 Å². The normalized spacial score (nSPS) is 14.2. The summed E-state index contributed by atoms with van der Waals surface area (Å²) in [6.07, 6.45) is 3.01. The lowest BCUT2D eigenvalue weighted by Crippen LogP contribution is -2.06. The van der Waals surface area contributed by atoms with Crippen LogP contribution in [0, 0.1) is 5.92 Å². The van der Waals surface area contributed by atoms with Gasteiger partial charge in [-0.3, -0.25) is 0 Å². The molecule has 0 amide bonds. The standard InChI is InChI=1S/C10H18O2/c1-5-8(3)7-9(4)10(11)12-6-2/h7-8H,5-6H2,1-4H3. The highest BCUT2D eigenvalue weighted by molar-refractivity contribution is 5.87. The summed E-state index contributed by atoms with van der Waals surface area (Å²) in [5.41, 5.74) is 0.714. The lowest BCUT2D eigenvalue weighted by atomic mass is 10.1. The van der Waals surface area contributed by atoms with Crippen LogP contribution < -0.4 is 0 Å². The van der Waals surface area contributed by atoms with Crippen molar-refractivity contribution in [2.75, 3.05) is 6.61 Å². The van der Waals surface area contributed by atoms with Gasteiger partial charge >= 0.3 is 5.97 Å². The van der Waals surface area contributed by atoms with Crippen molar-refractivity contribution < 1.29 is 9.53 Å². The molecule has 2 heteroatoms. The number of hydrogen-bond acceptors (Lipinski definition) is 2. The van der Waals surface area contributed by atoms with E-state index in [9.17, 15) is 4.79 Å². The zero-order valence-electron chi connectivity index (χ0n) is 8.39. The SMILES string of the molecule is CCOC(=O)C(C)=CC(C)CC. The minimum atomic E-state index is -0.196. The Kier molecular flexibility index (Phi) is 5.43. The van der Waals surface area contributed by atoms with Crippen molar-refractivity contribution in [3.05, 3.63) is 11.6 Å². The van der Waals surface area contributed by atoms with E-state index in [1.807, 2.05) is 13.0 Å². The molecule has 0 aliphatic rings. The van der Waals surface area contributed by atoms with Crippen LogP contribution in [0.4, 0.5) is 0 Å². The molecule has 0 rings (SSSR count). The zero-order chi connectivity index (χ0) is 9.56. The molecule has 0 spiro atoms. The molecule has 0 radical (unpaired) electrons. The molecule has 0 N–H and O–H groups in total. The van der Waals surface area contributed by atoms with Crippen LogP contribution in [0.1, 0.15) is 34.1 Å². The van der Waals surface area contributed by atoms with Crippen LogP contribution in [0.3, 0.4) is 0 Å². The predicted octanol–water partition coefficient (Wildman–Crippen LogP) is 2.54. The Morgan fingerprint density at radius 3 is 2.50 bits per heavy atom. The molecule has 12 heavy (non-hydrogen) atoms. The van der Waals surface area contributed by atoms with Gasteiger partial charge in [0.05, 0.1) is 6.61 Å². The van der Waals surface area contributed by atoms with E-state index in [0.29, 0.717) is 18.1 Å². The fourth-order valence-electron chi connectivity index (χ4n) is 0.858. The third-order valence-electron chi connectivity index (χ3n) is 1.78. The predicted molar refractivity (Wildman–Crippen MR) is 49.8 cm³/mol. The molecule has 0 fully saturated rings. The van der Waals surface area contributed by atoms with Gasteiger partial charge in [0, 0.05) is 5.57 Å². The quantitative estimate of drug-likeness (QED) is 0.478. The molecule has 1 atom stereocenters. The second-order valence-corrected chi connectivity index (χ2v) is 2.96. The maximum Gasteiger partial charge on any atom is 0.333 e. The van der Waals surface area contributed by atoms with E-state index in [0.717, 1.165) is 6.42 Å². The summed E-state index contributed by atoms with van der Waals surface area (Å²) in [7, 11) is 0. The molecule has 0 aromatic rings. The molecular weight excluding hydrogens is 152 g/mol. The number of carbonyl (C=O) groups excluding carboxylic acids is 1. The first kappa shape index (κ1) is 11.2. The number of ether oxygens (including phenoxy) is 1.